The minimum Gasteiger partial charge on any atom is -0.272 e. The highest BCUT2D eigenvalue weighted by Gasteiger charge is 2.62. The van der Waals surface area contributed by atoms with E-state index in [0.717, 1.165) is 36.7 Å². The number of hydrogen-bond donors (Lipinski definition) is 0. The molecule has 2 unspecified atom stereocenters. The Kier molecular flexibility index (Phi) is 3.93. The molecule has 3 saturated carbocycles. The van der Waals surface area contributed by atoms with Crippen molar-refractivity contribution >= 4 is 23.0 Å². The van der Waals surface area contributed by atoms with Crippen molar-refractivity contribution in [3.8, 4) is 6.07 Å². The molecule has 8 nitrogen and oxygen atoms in total. The van der Waals surface area contributed by atoms with E-state index in [1.165, 1.54) is 0 Å². The third-order valence-corrected chi connectivity index (χ3v) is 7.18. The lowest BCUT2D eigenvalue weighted by atomic mass is 9.68. The summed E-state index contributed by atoms with van der Waals surface area (Å²) in [6, 6.07) is 9.42. The fourth-order valence-corrected chi connectivity index (χ4v) is 5.66. The summed E-state index contributed by atoms with van der Waals surface area (Å²) in [6.45, 7) is 0.795. The first-order chi connectivity index (χ1) is 15.2. The molecule has 2 aromatic heterocycles. The Hall–Kier alpha value is -3.60. The fraction of sp³-hybridized carbons (Fsp3) is 0.391. The fourth-order valence-electron chi connectivity index (χ4n) is 5.66. The summed E-state index contributed by atoms with van der Waals surface area (Å²) >= 11 is 0. The molecule has 7 rings (SSSR count). The maximum Gasteiger partial charge on any atom is 0.249 e. The lowest BCUT2D eigenvalue weighted by molar-refractivity contribution is -0.148. The van der Waals surface area contributed by atoms with E-state index >= 15 is 0 Å². The van der Waals surface area contributed by atoms with Gasteiger partial charge in [0.1, 0.15) is 6.04 Å². The molecular weight excluding hydrogens is 390 g/mol. The van der Waals surface area contributed by atoms with Crippen molar-refractivity contribution in [1.82, 2.24) is 24.8 Å². The minimum atomic E-state index is -0.318. The van der Waals surface area contributed by atoms with Gasteiger partial charge in [-0.1, -0.05) is 0 Å². The van der Waals surface area contributed by atoms with Gasteiger partial charge in [-0.3, -0.25) is 9.48 Å². The number of aromatic nitrogens is 4. The Morgan fingerprint density at radius 2 is 2.06 bits per heavy atom. The summed E-state index contributed by atoms with van der Waals surface area (Å²) in [5.74, 6) is 1.72. The van der Waals surface area contributed by atoms with E-state index in [1.807, 2.05) is 29.1 Å². The number of fused-ring (bicyclic) bond motifs is 2. The van der Waals surface area contributed by atoms with E-state index < -0.39 is 0 Å². The number of rotatable bonds is 4. The first-order valence-electron chi connectivity index (χ1n) is 10.7. The highest BCUT2D eigenvalue weighted by Crippen LogP contribution is 2.63. The van der Waals surface area contributed by atoms with Crippen LogP contribution in [0, 0.1) is 28.6 Å². The van der Waals surface area contributed by atoms with Crippen LogP contribution in [0.2, 0.25) is 0 Å². The van der Waals surface area contributed by atoms with Gasteiger partial charge in [-0.05, 0) is 55.4 Å². The number of hydrogen-bond acceptors (Lipinski definition) is 6. The van der Waals surface area contributed by atoms with Crippen LogP contribution in [0.15, 0.2) is 48.0 Å². The minimum absolute atomic E-state index is 0.112. The summed E-state index contributed by atoms with van der Waals surface area (Å²) in [7, 11) is 0. The second-order valence-corrected chi connectivity index (χ2v) is 8.93. The van der Waals surface area contributed by atoms with Gasteiger partial charge in [0.05, 0.1) is 28.8 Å². The summed E-state index contributed by atoms with van der Waals surface area (Å²) < 4.78 is 2.02. The van der Waals surface area contributed by atoms with Gasteiger partial charge in [0.15, 0.2) is 5.82 Å². The molecule has 2 atom stereocenters. The average molecular weight is 411 g/mol. The molecule has 0 radical (unpaired) electrons. The lowest BCUT2D eigenvalue weighted by Crippen LogP contribution is -2.45. The van der Waals surface area contributed by atoms with Crippen LogP contribution in [0.1, 0.15) is 43.1 Å². The van der Waals surface area contributed by atoms with Crippen LogP contribution < -0.4 is 0 Å². The summed E-state index contributed by atoms with van der Waals surface area (Å²) in [5.41, 5.74) is 1.36. The van der Waals surface area contributed by atoms with Crippen LogP contribution in [0.4, 0.5) is 0 Å². The van der Waals surface area contributed by atoms with Gasteiger partial charge in [-0.2, -0.15) is 15.5 Å². The molecule has 0 spiro atoms. The van der Waals surface area contributed by atoms with E-state index in [0.29, 0.717) is 29.6 Å². The van der Waals surface area contributed by atoms with Gasteiger partial charge in [0.2, 0.25) is 5.91 Å². The van der Waals surface area contributed by atoms with E-state index in [2.05, 4.69) is 26.2 Å². The highest BCUT2D eigenvalue weighted by atomic mass is 16.2. The number of carbonyl (C=O) groups excluding carboxylic acids is 1. The molecule has 1 amide bonds. The predicted molar refractivity (Wildman–Crippen MR) is 112 cm³/mol. The molecular formula is C23H21N7O. The molecule has 154 valence electrons. The van der Waals surface area contributed by atoms with Crippen molar-refractivity contribution in [3.63, 3.8) is 0 Å². The van der Waals surface area contributed by atoms with Gasteiger partial charge in [0, 0.05) is 37.0 Å². The van der Waals surface area contributed by atoms with Crippen LogP contribution in [-0.2, 0) is 11.3 Å². The Bertz CT molecular complexity index is 1240. The Labute approximate surface area is 179 Å². The van der Waals surface area contributed by atoms with Crippen molar-refractivity contribution in [2.75, 3.05) is 0 Å². The molecule has 3 aliphatic carbocycles. The predicted octanol–water partition coefficient (Wildman–Crippen LogP) is 3.07. The number of nitriles is 1. The molecule has 0 N–H and O–H groups in total. The molecule has 3 fully saturated rings. The summed E-state index contributed by atoms with van der Waals surface area (Å²) in [5, 5.41) is 20.7. The van der Waals surface area contributed by atoms with E-state index in [4.69, 9.17) is 5.26 Å². The zero-order chi connectivity index (χ0) is 21.0. The van der Waals surface area contributed by atoms with E-state index in [1.54, 1.807) is 29.7 Å². The monoisotopic (exact) mass is 411 g/mol. The van der Waals surface area contributed by atoms with Crippen LogP contribution in [0.5, 0.6) is 0 Å². The molecule has 4 aliphatic rings. The van der Waals surface area contributed by atoms with Gasteiger partial charge in [-0.15, -0.1) is 0 Å². The Balaban J connectivity index is 1.20. The number of nitrogens with zero attached hydrogens (tertiary/aromatic N) is 7. The topological polar surface area (TPSA) is 100 Å². The molecule has 1 aromatic carbocycles. The quantitative estimate of drug-likeness (QED) is 0.657. The zero-order valence-corrected chi connectivity index (χ0v) is 16.9. The molecule has 0 saturated heterocycles. The van der Waals surface area contributed by atoms with Crippen LogP contribution in [0.3, 0.4) is 0 Å². The van der Waals surface area contributed by atoms with Gasteiger partial charge >= 0.3 is 0 Å². The van der Waals surface area contributed by atoms with Crippen molar-refractivity contribution in [2.24, 2.45) is 22.4 Å². The normalized spacial score (nSPS) is 28.6. The largest absolute Gasteiger partial charge is 0.272 e. The smallest absolute Gasteiger partial charge is 0.249 e. The molecule has 31 heavy (non-hydrogen) atoms. The van der Waals surface area contributed by atoms with Crippen molar-refractivity contribution in [1.29, 1.82) is 5.26 Å². The average Bonchev–Trinajstić information content (AvgIpc) is 3.56. The number of amides is 1. The third kappa shape index (κ3) is 2.76. The second kappa shape index (κ2) is 6.71. The molecule has 8 heteroatoms. The molecule has 1 aliphatic heterocycles. The Morgan fingerprint density at radius 3 is 2.87 bits per heavy atom. The number of benzene rings is 1. The highest BCUT2D eigenvalue weighted by molar-refractivity contribution is 5.86. The maximum absolute atomic E-state index is 13.5. The van der Waals surface area contributed by atoms with Crippen LogP contribution >= 0.6 is 0 Å². The third-order valence-electron chi connectivity index (χ3n) is 7.18. The molecule has 2 bridgehead atoms. The van der Waals surface area contributed by atoms with Gasteiger partial charge in [-0.25, -0.2) is 15.0 Å². The molecule has 3 aromatic rings. The molecule has 3 heterocycles. The van der Waals surface area contributed by atoms with E-state index in [-0.39, 0.29) is 17.4 Å². The summed E-state index contributed by atoms with van der Waals surface area (Å²) in [6.07, 6.45) is 10.4. The van der Waals surface area contributed by atoms with Gasteiger partial charge < -0.3 is 0 Å². The first kappa shape index (κ1) is 18.2. The second-order valence-electron chi connectivity index (χ2n) is 8.93. The SMILES string of the molecule is N#Cc1ccc2c(cnn2CC2CC3(C(=O)N4N=CCC4c4ncccn4)CC2C3)c1. The number of hydrazone groups is 1. The summed E-state index contributed by atoms with van der Waals surface area (Å²) in [4.78, 5) is 22.2. The van der Waals surface area contributed by atoms with Crippen molar-refractivity contribution in [3.05, 3.63) is 54.2 Å². The first-order valence-corrected chi connectivity index (χ1v) is 10.7. The van der Waals surface area contributed by atoms with Gasteiger partial charge in [0.25, 0.3) is 0 Å². The van der Waals surface area contributed by atoms with Crippen molar-refractivity contribution < 1.29 is 4.79 Å². The van der Waals surface area contributed by atoms with E-state index in [9.17, 15) is 4.79 Å². The standard InChI is InChI=1S/C23H21N7O/c24-12-15-2-3-19-16(8-15)13-28-29(19)14-18-11-23(9-17(18)10-23)22(31)30-20(4-7-27-30)21-25-5-1-6-26-21/h1-3,5-8,13,17-18,20H,4,9-11,14H2. The van der Waals surface area contributed by atoms with Crippen molar-refractivity contribution in [2.45, 2.75) is 38.3 Å². The Morgan fingerprint density at radius 1 is 1.23 bits per heavy atom. The maximum atomic E-state index is 13.5. The zero-order valence-electron chi connectivity index (χ0n) is 16.9. The number of carbonyl (C=O) groups is 1. The lowest BCUT2D eigenvalue weighted by Gasteiger charge is -2.39. The van der Waals surface area contributed by atoms with Crippen LogP contribution in [0.25, 0.3) is 10.9 Å². The van der Waals surface area contributed by atoms with Crippen LogP contribution in [-0.4, -0.2) is 36.9 Å².